The summed E-state index contributed by atoms with van der Waals surface area (Å²) in [5.41, 5.74) is 1.30. The molecular weight excluding hydrogens is 269 g/mol. The molecule has 21 heavy (non-hydrogen) atoms. The molecule has 2 rings (SSSR count). The molecule has 0 atom stereocenters. The van der Waals surface area contributed by atoms with Crippen LogP contribution in [-0.4, -0.2) is 41.9 Å². The van der Waals surface area contributed by atoms with Crippen LogP contribution in [0.5, 0.6) is 0 Å². The van der Waals surface area contributed by atoms with Crippen LogP contribution in [0.4, 0.5) is 4.39 Å². The highest BCUT2D eigenvalue weighted by atomic mass is 19.1. The molecule has 1 aliphatic rings. The molecule has 3 nitrogen and oxygen atoms in total. The highest BCUT2D eigenvalue weighted by Gasteiger charge is 2.26. The summed E-state index contributed by atoms with van der Waals surface area (Å²) in [6.45, 7) is 7.38. The first-order valence-corrected chi connectivity index (χ1v) is 7.25. The van der Waals surface area contributed by atoms with Crippen LogP contribution < -0.4 is 0 Å². The van der Waals surface area contributed by atoms with Crippen molar-refractivity contribution in [3.8, 4) is 11.8 Å². The second-order valence-corrected chi connectivity index (χ2v) is 5.91. The molecule has 0 saturated carbocycles. The van der Waals surface area contributed by atoms with Gasteiger partial charge in [0.15, 0.2) is 0 Å². The van der Waals surface area contributed by atoms with Crippen LogP contribution >= 0.6 is 0 Å². The Balaban J connectivity index is 2.07. The van der Waals surface area contributed by atoms with Gasteiger partial charge in [0, 0.05) is 26.1 Å². The maximum atomic E-state index is 13.7. The van der Waals surface area contributed by atoms with Gasteiger partial charge in [-0.1, -0.05) is 17.9 Å². The number of aliphatic hydroxyl groups excluding tert-OH is 1. The SMILES string of the molecule is CC1(C)CN(Cc2ccc(F)c(C#CCCO)c2)CCO1. The van der Waals surface area contributed by atoms with Crippen molar-refractivity contribution in [2.75, 3.05) is 26.3 Å². The maximum Gasteiger partial charge on any atom is 0.138 e. The summed E-state index contributed by atoms with van der Waals surface area (Å²) >= 11 is 0. The van der Waals surface area contributed by atoms with E-state index in [1.807, 2.05) is 0 Å². The summed E-state index contributed by atoms with van der Waals surface area (Å²) in [6.07, 6.45) is 0.362. The third-order valence-corrected chi connectivity index (χ3v) is 3.40. The van der Waals surface area contributed by atoms with Crippen LogP contribution in [0.25, 0.3) is 0 Å². The van der Waals surface area contributed by atoms with Gasteiger partial charge in [0.25, 0.3) is 0 Å². The molecule has 0 aliphatic carbocycles. The van der Waals surface area contributed by atoms with E-state index < -0.39 is 0 Å². The van der Waals surface area contributed by atoms with Gasteiger partial charge in [-0.05, 0) is 31.5 Å². The van der Waals surface area contributed by atoms with Gasteiger partial charge in [0.05, 0.1) is 24.4 Å². The molecule has 1 fully saturated rings. The number of benzene rings is 1. The van der Waals surface area contributed by atoms with E-state index in [0.717, 1.165) is 31.8 Å². The minimum absolute atomic E-state index is 0.00281. The lowest BCUT2D eigenvalue weighted by molar-refractivity contribution is -0.0882. The van der Waals surface area contributed by atoms with Gasteiger partial charge < -0.3 is 9.84 Å². The largest absolute Gasteiger partial charge is 0.395 e. The second kappa shape index (κ2) is 7.04. The fourth-order valence-electron chi connectivity index (χ4n) is 2.49. The first-order chi connectivity index (χ1) is 10.00. The Morgan fingerprint density at radius 1 is 1.43 bits per heavy atom. The van der Waals surface area contributed by atoms with Gasteiger partial charge in [0.2, 0.25) is 0 Å². The van der Waals surface area contributed by atoms with Crippen LogP contribution in [-0.2, 0) is 11.3 Å². The summed E-state index contributed by atoms with van der Waals surface area (Å²) in [5.74, 6) is 5.23. The number of rotatable bonds is 3. The topological polar surface area (TPSA) is 32.7 Å². The molecule has 1 aliphatic heterocycles. The van der Waals surface area contributed by atoms with E-state index in [4.69, 9.17) is 9.84 Å². The van der Waals surface area contributed by atoms with E-state index >= 15 is 0 Å². The summed E-state index contributed by atoms with van der Waals surface area (Å²) in [5, 5.41) is 8.72. The first kappa shape index (κ1) is 16.0. The lowest BCUT2D eigenvalue weighted by Gasteiger charge is -2.38. The van der Waals surface area contributed by atoms with Gasteiger partial charge in [-0.15, -0.1) is 0 Å². The minimum Gasteiger partial charge on any atom is -0.395 e. The molecule has 0 unspecified atom stereocenters. The Kier molecular flexibility index (Phi) is 5.35. The van der Waals surface area contributed by atoms with Gasteiger partial charge in [-0.3, -0.25) is 4.90 Å². The van der Waals surface area contributed by atoms with Crippen molar-refractivity contribution in [1.82, 2.24) is 4.90 Å². The molecule has 1 aromatic carbocycles. The Hall–Kier alpha value is -1.41. The number of nitrogens with zero attached hydrogens (tertiary/aromatic N) is 1. The van der Waals surface area contributed by atoms with Crippen molar-refractivity contribution in [2.24, 2.45) is 0 Å². The third-order valence-electron chi connectivity index (χ3n) is 3.40. The van der Waals surface area contributed by atoms with Crippen molar-refractivity contribution in [3.05, 3.63) is 35.1 Å². The predicted molar refractivity (Wildman–Crippen MR) is 80.3 cm³/mol. The molecule has 4 heteroatoms. The predicted octanol–water partition coefficient (Wildman–Crippen LogP) is 2.17. The van der Waals surface area contributed by atoms with Gasteiger partial charge in [-0.25, -0.2) is 4.39 Å². The number of halogens is 1. The van der Waals surface area contributed by atoms with Gasteiger partial charge in [-0.2, -0.15) is 0 Å². The van der Waals surface area contributed by atoms with Crippen molar-refractivity contribution < 1.29 is 14.2 Å². The number of hydrogen-bond donors (Lipinski definition) is 1. The van der Waals surface area contributed by atoms with Crippen LogP contribution in [0.1, 0.15) is 31.4 Å². The molecule has 0 spiro atoms. The van der Waals surface area contributed by atoms with Crippen LogP contribution in [0.2, 0.25) is 0 Å². The number of morpholine rings is 1. The summed E-state index contributed by atoms with van der Waals surface area (Å²) in [7, 11) is 0. The van der Waals surface area contributed by atoms with Gasteiger partial charge >= 0.3 is 0 Å². The fraction of sp³-hybridized carbons (Fsp3) is 0.529. The van der Waals surface area contributed by atoms with Crippen LogP contribution in [0, 0.1) is 17.7 Å². The molecule has 1 heterocycles. The molecule has 1 N–H and O–H groups in total. The molecular formula is C17H22FNO2. The fourth-order valence-corrected chi connectivity index (χ4v) is 2.49. The standard InChI is InChI=1S/C17H22FNO2/c1-17(2)13-19(8-10-21-17)12-14-6-7-16(18)15(11-14)5-3-4-9-20/h6-7,11,20H,4,8-10,12-13H2,1-2H3. The molecule has 0 bridgehead atoms. The van der Waals surface area contributed by atoms with E-state index in [2.05, 4.69) is 30.6 Å². The Morgan fingerprint density at radius 2 is 2.24 bits per heavy atom. The summed E-state index contributed by atoms with van der Waals surface area (Å²) in [6, 6.07) is 5.06. The third kappa shape index (κ3) is 4.82. The van der Waals surface area contributed by atoms with Crippen LogP contribution in [0.15, 0.2) is 18.2 Å². The van der Waals surface area contributed by atoms with E-state index in [1.54, 1.807) is 12.1 Å². The lowest BCUT2D eigenvalue weighted by atomic mass is 10.1. The highest BCUT2D eigenvalue weighted by Crippen LogP contribution is 2.19. The number of hydrogen-bond acceptors (Lipinski definition) is 3. The molecule has 0 amide bonds. The molecule has 0 aromatic heterocycles. The van der Waals surface area contributed by atoms with Crippen molar-refractivity contribution in [2.45, 2.75) is 32.4 Å². The molecule has 1 saturated heterocycles. The number of ether oxygens (including phenoxy) is 1. The molecule has 0 radical (unpaired) electrons. The molecule has 1 aromatic rings. The Labute approximate surface area is 125 Å². The van der Waals surface area contributed by atoms with Crippen molar-refractivity contribution >= 4 is 0 Å². The second-order valence-electron chi connectivity index (χ2n) is 5.91. The van der Waals surface area contributed by atoms with E-state index in [0.29, 0.717) is 12.0 Å². The minimum atomic E-state index is -0.313. The normalized spacial score (nSPS) is 18.1. The Morgan fingerprint density at radius 3 is 2.95 bits per heavy atom. The van der Waals surface area contributed by atoms with E-state index in [9.17, 15) is 4.39 Å². The quantitative estimate of drug-likeness (QED) is 0.866. The molecule has 114 valence electrons. The smallest absolute Gasteiger partial charge is 0.138 e. The zero-order valence-corrected chi connectivity index (χ0v) is 12.7. The monoisotopic (exact) mass is 291 g/mol. The highest BCUT2D eigenvalue weighted by molar-refractivity contribution is 5.38. The number of aliphatic hydroxyl groups is 1. The average molecular weight is 291 g/mol. The summed E-state index contributed by atoms with van der Waals surface area (Å²) < 4.78 is 19.4. The average Bonchev–Trinajstić information content (AvgIpc) is 2.41. The van der Waals surface area contributed by atoms with Gasteiger partial charge in [0.1, 0.15) is 5.82 Å². The van der Waals surface area contributed by atoms with E-state index in [1.165, 1.54) is 6.07 Å². The zero-order valence-electron chi connectivity index (χ0n) is 12.7. The first-order valence-electron chi connectivity index (χ1n) is 7.25. The zero-order chi connectivity index (χ0) is 15.3. The Bertz CT molecular complexity index is 545. The van der Waals surface area contributed by atoms with E-state index in [-0.39, 0.29) is 18.0 Å². The summed E-state index contributed by atoms with van der Waals surface area (Å²) in [4.78, 5) is 2.31. The van der Waals surface area contributed by atoms with Crippen LogP contribution in [0.3, 0.4) is 0 Å². The lowest BCUT2D eigenvalue weighted by Crippen LogP contribution is -2.47. The van der Waals surface area contributed by atoms with Crippen molar-refractivity contribution in [1.29, 1.82) is 0 Å². The maximum absolute atomic E-state index is 13.7. The van der Waals surface area contributed by atoms with Crippen molar-refractivity contribution in [3.63, 3.8) is 0 Å².